The first-order valence-corrected chi connectivity index (χ1v) is 6.27. The quantitative estimate of drug-likeness (QED) is 0.663. The molecule has 14 heavy (non-hydrogen) atoms. The highest BCUT2D eigenvalue weighted by molar-refractivity contribution is 8.00. The number of rotatable bonds is 5. The van der Waals surface area contributed by atoms with Crippen LogP contribution in [0.4, 0.5) is 0 Å². The lowest BCUT2D eigenvalue weighted by Crippen LogP contribution is -2.25. The van der Waals surface area contributed by atoms with Gasteiger partial charge in [-0.3, -0.25) is 4.79 Å². The summed E-state index contributed by atoms with van der Waals surface area (Å²) in [6.45, 7) is 9.98. The number of carbonyl (C=O) groups excluding carboxylic acids is 1. The summed E-state index contributed by atoms with van der Waals surface area (Å²) >= 11 is 1.70. The van der Waals surface area contributed by atoms with Gasteiger partial charge in [-0.15, -0.1) is 11.8 Å². The SMILES string of the molecule is CCC(CC)SCC(=O)OC(C)(C)C. The molecule has 0 aliphatic carbocycles. The van der Waals surface area contributed by atoms with E-state index in [1.54, 1.807) is 11.8 Å². The maximum Gasteiger partial charge on any atom is 0.316 e. The number of ether oxygens (including phenoxy) is 1. The fourth-order valence-electron chi connectivity index (χ4n) is 1.08. The molecule has 0 rings (SSSR count). The summed E-state index contributed by atoms with van der Waals surface area (Å²) in [5.74, 6) is 0.373. The highest BCUT2D eigenvalue weighted by Crippen LogP contribution is 2.18. The van der Waals surface area contributed by atoms with Gasteiger partial charge in [0.2, 0.25) is 0 Å². The van der Waals surface area contributed by atoms with Gasteiger partial charge in [-0.2, -0.15) is 0 Å². The molecule has 0 bridgehead atoms. The molecule has 0 unspecified atom stereocenters. The predicted octanol–water partition coefficient (Wildman–Crippen LogP) is 3.25. The van der Waals surface area contributed by atoms with Gasteiger partial charge in [0.25, 0.3) is 0 Å². The first-order chi connectivity index (χ1) is 6.39. The van der Waals surface area contributed by atoms with Crippen molar-refractivity contribution in [3.8, 4) is 0 Å². The molecular weight excluding hydrogens is 196 g/mol. The van der Waals surface area contributed by atoms with E-state index in [9.17, 15) is 4.79 Å². The van der Waals surface area contributed by atoms with E-state index >= 15 is 0 Å². The molecule has 0 aromatic carbocycles. The van der Waals surface area contributed by atoms with Crippen molar-refractivity contribution in [2.75, 3.05) is 5.75 Å². The van der Waals surface area contributed by atoms with Crippen molar-refractivity contribution in [1.29, 1.82) is 0 Å². The van der Waals surface area contributed by atoms with Crippen LogP contribution in [0.2, 0.25) is 0 Å². The normalized spacial score (nSPS) is 11.9. The van der Waals surface area contributed by atoms with Gasteiger partial charge in [0.05, 0.1) is 5.75 Å². The summed E-state index contributed by atoms with van der Waals surface area (Å²) in [6.07, 6.45) is 2.23. The number of esters is 1. The van der Waals surface area contributed by atoms with Crippen LogP contribution in [0.25, 0.3) is 0 Å². The van der Waals surface area contributed by atoms with Crippen LogP contribution in [0, 0.1) is 0 Å². The zero-order valence-corrected chi connectivity index (χ0v) is 10.7. The standard InChI is InChI=1S/C11H22O2S/c1-6-9(7-2)14-8-10(12)13-11(3,4)5/h9H,6-8H2,1-5H3. The van der Waals surface area contributed by atoms with Gasteiger partial charge in [0.15, 0.2) is 0 Å². The highest BCUT2D eigenvalue weighted by atomic mass is 32.2. The van der Waals surface area contributed by atoms with Crippen molar-refractivity contribution in [3.63, 3.8) is 0 Å². The Morgan fingerprint density at radius 2 is 1.79 bits per heavy atom. The summed E-state index contributed by atoms with van der Waals surface area (Å²) in [5, 5.41) is 0.586. The number of hydrogen-bond acceptors (Lipinski definition) is 3. The van der Waals surface area contributed by atoms with Gasteiger partial charge in [-0.05, 0) is 33.6 Å². The van der Waals surface area contributed by atoms with Gasteiger partial charge in [0.1, 0.15) is 5.60 Å². The van der Waals surface area contributed by atoms with E-state index in [2.05, 4.69) is 13.8 Å². The van der Waals surface area contributed by atoms with Crippen molar-refractivity contribution in [1.82, 2.24) is 0 Å². The molecule has 0 aromatic rings. The average molecular weight is 218 g/mol. The Morgan fingerprint density at radius 3 is 2.14 bits per heavy atom. The van der Waals surface area contributed by atoms with Crippen LogP contribution >= 0.6 is 11.8 Å². The molecule has 0 saturated carbocycles. The third kappa shape index (κ3) is 7.25. The van der Waals surface area contributed by atoms with Crippen LogP contribution in [-0.2, 0) is 9.53 Å². The van der Waals surface area contributed by atoms with Crippen molar-refractivity contribution in [2.45, 2.75) is 58.3 Å². The van der Waals surface area contributed by atoms with Gasteiger partial charge in [-0.25, -0.2) is 0 Å². The lowest BCUT2D eigenvalue weighted by atomic mass is 10.2. The number of hydrogen-bond donors (Lipinski definition) is 0. The Morgan fingerprint density at radius 1 is 1.29 bits per heavy atom. The maximum atomic E-state index is 11.4. The first-order valence-electron chi connectivity index (χ1n) is 5.22. The van der Waals surface area contributed by atoms with Crippen LogP contribution in [0.15, 0.2) is 0 Å². The largest absolute Gasteiger partial charge is 0.459 e. The molecule has 2 nitrogen and oxygen atoms in total. The Hall–Kier alpha value is -0.180. The van der Waals surface area contributed by atoms with Gasteiger partial charge in [-0.1, -0.05) is 13.8 Å². The van der Waals surface area contributed by atoms with Gasteiger partial charge < -0.3 is 4.74 Å². The molecule has 0 atom stereocenters. The maximum absolute atomic E-state index is 11.4. The second-order valence-corrected chi connectivity index (χ2v) is 5.62. The Kier molecular flexibility index (Phi) is 6.25. The first kappa shape index (κ1) is 13.8. The Balaban J connectivity index is 3.74. The second kappa shape index (κ2) is 6.33. The Labute approximate surface area is 91.8 Å². The third-order valence-electron chi connectivity index (χ3n) is 1.77. The minimum absolute atomic E-state index is 0.102. The van der Waals surface area contributed by atoms with Crippen LogP contribution in [0.3, 0.4) is 0 Å². The topological polar surface area (TPSA) is 26.3 Å². The molecule has 0 heterocycles. The van der Waals surface area contributed by atoms with Crippen molar-refractivity contribution in [2.24, 2.45) is 0 Å². The number of carbonyl (C=O) groups is 1. The van der Waals surface area contributed by atoms with E-state index in [0.717, 1.165) is 12.8 Å². The van der Waals surface area contributed by atoms with Crippen LogP contribution in [0.5, 0.6) is 0 Å². The van der Waals surface area contributed by atoms with E-state index < -0.39 is 0 Å². The van der Waals surface area contributed by atoms with Crippen LogP contribution in [0.1, 0.15) is 47.5 Å². The van der Waals surface area contributed by atoms with E-state index in [4.69, 9.17) is 4.74 Å². The molecule has 0 aliphatic rings. The fourth-order valence-corrected chi connectivity index (χ4v) is 1.98. The molecule has 3 heteroatoms. The molecule has 0 amide bonds. The summed E-state index contributed by atoms with van der Waals surface area (Å²) in [7, 11) is 0. The van der Waals surface area contributed by atoms with Crippen molar-refractivity contribution in [3.05, 3.63) is 0 Å². The molecule has 84 valence electrons. The van der Waals surface area contributed by atoms with Crippen molar-refractivity contribution >= 4 is 17.7 Å². The molecule has 0 N–H and O–H groups in total. The summed E-state index contributed by atoms with van der Waals surface area (Å²) in [6, 6.07) is 0. The monoisotopic (exact) mass is 218 g/mol. The molecule has 0 aromatic heterocycles. The number of thioether (sulfide) groups is 1. The molecule has 0 fully saturated rings. The minimum atomic E-state index is -0.356. The summed E-state index contributed by atoms with van der Waals surface area (Å²) < 4.78 is 5.22. The van der Waals surface area contributed by atoms with Crippen LogP contribution in [-0.4, -0.2) is 22.6 Å². The van der Waals surface area contributed by atoms with Crippen LogP contribution < -0.4 is 0 Å². The van der Waals surface area contributed by atoms with E-state index in [0.29, 0.717) is 11.0 Å². The fraction of sp³-hybridized carbons (Fsp3) is 0.909. The lowest BCUT2D eigenvalue weighted by Gasteiger charge is -2.20. The van der Waals surface area contributed by atoms with E-state index in [1.165, 1.54) is 0 Å². The second-order valence-electron chi connectivity index (χ2n) is 4.34. The lowest BCUT2D eigenvalue weighted by molar-refractivity contribution is -0.151. The minimum Gasteiger partial charge on any atom is -0.459 e. The predicted molar refractivity (Wildman–Crippen MR) is 62.7 cm³/mol. The van der Waals surface area contributed by atoms with Gasteiger partial charge >= 0.3 is 5.97 Å². The zero-order chi connectivity index (χ0) is 11.2. The molecule has 0 spiro atoms. The summed E-state index contributed by atoms with van der Waals surface area (Å²) in [4.78, 5) is 11.4. The zero-order valence-electron chi connectivity index (χ0n) is 9.92. The molecule has 0 radical (unpaired) electrons. The average Bonchev–Trinajstić information content (AvgIpc) is 2.03. The summed E-state index contributed by atoms with van der Waals surface area (Å²) in [5.41, 5.74) is -0.356. The highest BCUT2D eigenvalue weighted by Gasteiger charge is 2.17. The van der Waals surface area contributed by atoms with Gasteiger partial charge in [0, 0.05) is 5.25 Å². The molecule has 0 saturated heterocycles. The van der Waals surface area contributed by atoms with Crippen molar-refractivity contribution < 1.29 is 9.53 Å². The smallest absolute Gasteiger partial charge is 0.316 e. The molecule has 0 aliphatic heterocycles. The van der Waals surface area contributed by atoms with E-state index in [-0.39, 0.29) is 11.6 Å². The third-order valence-corrected chi connectivity index (χ3v) is 3.31. The van der Waals surface area contributed by atoms with E-state index in [1.807, 2.05) is 20.8 Å². The molecular formula is C11H22O2S. The Bertz CT molecular complexity index is 169.